The molecule has 0 heterocycles. The van der Waals surface area contributed by atoms with Gasteiger partial charge in [-0.2, -0.15) is 16.4 Å². The molecule has 0 aliphatic heterocycles. The third kappa shape index (κ3) is 13.3. The van der Waals surface area contributed by atoms with Crippen LogP contribution in [-0.4, -0.2) is 31.7 Å². The second kappa shape index (κ2) is 8.92. The van der Waals surface area contributed by atoms with Crippen molar-refractivity contribution < 1.29 is 54.1 Å². The van der Waals surface area contributed by atoms with Crippen molar-refractivity contribution in [2.24, 2.45) is 0 Å². The van der Waals surface area contributed by atoms with E-state index in [1.54, 1.807) is 0 Å². The molecule has 12 heteroatoms. The van der Waals surface area contributed by atoms with Gasteiger partial charge in [-0.3, -0.25) is 0 Å². The minimum atomic E-state index is -5.05. The molecule has 112 valence electrons. The molecule has 18 heavy (non-hydrogen) atoms. The van der Waals surface area contributed by atoms with Crippen molar-refractivity contribution in [3.05, 3.63) is 11.5 Å². The molecule has 1 aliphatic carbocycles. The molecule has 9 nitrogen and oxygen atoms in total. The Morgan fingerprint density at radius 1 is 0.889 bits per heavy atom. The quantitative estimate of drug-likeness (QED) is 0.430. The van der Waals surface area contributed by atoms with E-state index in [9.17, 15) is 9.13 Å². The van der Waals surface area contributed by atoms with E-state index in [2.05, 4.69) is 4.31 Å². The smallest absolute Gasteiger partial charge is 0.676 e. The predicted molar refractivity (Wildman–Crippen MR) is 59.9 cm³/mol. The topological polar surface area (TPSA) is 172 Å². The summed E-state index contributed by atoms with van der Waals surface area (Å²) in [5.74, 6) is 0. The minimum Gasteiger partial charge on any atom is -0.676 e. The maximum Gasteiger partial charge on any atom is 2.00 e. The molecular formula is C6H16N2O7P2Pt. The van der Waals surface area contributed by atoms with Crippen LogP contribution in [0.1, 0.15) is 25.7 Å². The molecular weight excluding hydrogens is 469 g/mol. The fourth-order valence-electron chi connectivity index (χ4n) is 1.27. The fraction of sp³-hybridized carbons (Fsp3) is 1.00. The zero-order chi connectivity index (χ0) is 13.7. The Morgan fingerprint density at radius 2 is 1.17 bits per heavy atom. The number of rotatable bonds is 2. The molecule has 0 aromatic carbocycles. The van der Waals surface area contributed by atoms with Crippen molar-refractivity contribution >= 4 is 15.6 Å². The van der Waals surface area contributed by atoms with E-state index in [0.717, 1.165) is 12.8 Å². The van der Waals surface area contributed by atoms with Crippen LogP contribution in [0.15, 0.2) is 0 Å². The molecule has 0 radical (unpaired) electrons. The Balaban J connectivity index is 0. The Morgan fingerprint density at radius 3 is 1.28 bits per heavy atom. The van der Waals surface area contributed by atoms with Crippen molar-refractivity contribution in [1.29, 1.82) is 0 Å². The van der Waals surface area contributed by atoms with Gasteiger partial charge >= 0.3 is 36.7 Å². The van der Waals surface area contributed by atoms with Gasteiger partial charge in [-0.1, -0.05) is 25.7 Å². The summed E-state index contributed by atoms with van der Waals surface area (Å²) in [6, 6.07) is -0.160. The van der Waals surface area contributed by atoms with Crippen molar-refractivity contribution in [2.45, 2.75) is 37.8 Å². The van der Waals surface area contributed by atoms with Gasteiger partial charge < -0.3 is 31.0 Å². The summed E-state index contributed by atoms with van der Waals surface area (Å²) in [5, 5.41) is 0. The summed E-state index contributed by atoms with van der Waals surface area (Å²) < 4.78 is 22.2. The van der Waals surface area contributed by atoms with Crippen LogP contribution >= 0.6 is 15.6 Å². The van der Waals surface area contributed by atoms with Crippen molar-refractivity contribution in [3.63, 3.8) is 0 Å². The standard InChI is InChI=1S/C6H12N2.H4O7P2.Pt/c7-5-3-1-2-4-6(5)8;1-8(2,3)7-9(4,5)6;/h5-8H,1-4H2;(H2,1,2,3)(H2,4,5,6);/q-2;;+2/t5-,6-;;/m0../s1. The molecule has 1 aliphatic rings. The Hall–Kier alpha value is 0.868. The van der Waals surface area contributed by atoms with Gasteiger partial charge in [0.15, 0.2) is 0 Å². The largest absolute Gasteiger partial charge is 2.00 e. The monoisotopic (exact) mass is 485 g/mol. The molecule has 0 saturated heterocycles. The van der Waals surface area contributed by atoms with E-state index < -0.39 is 15.6 Å². The van der Waals surface area contributed by atoms with Crippen LogP contribution in [0.2, 0.25) is 0 Å². The van der Waals surface area contributed by atoms with E-state index in [1.807, 2.05) is 0 Å². The van der Waals surface area contributed by atoms with E-state index >= 15 is 0 Å². The third-order valence-electron chi connectivity index (χ3n) is 1.98. The molecule has 0 amide bonds. The third-order valence-corrected chi connectivity index (χ3v) is 3.68. The van der Waals surface area contributed by atoms with E-state index in [0.29, 0.717) is 0 Å². The Bertz CT molecular complexity index is 289. The molecule has 0 spiro atoms. The van der Waals surface area contributed by atoms with Gasteiger partial charge in [-0.05, 0) is 0 Å². The molecule has 6 N–H and O–H groups in total. The molecule has 0 bridgehead atoms. The fourth-order valence-corrected chi connectivity index (χ4v) is 2.38. The van der Waals surface area contributed by atoms with Gasteiger partial charge in [-0.15, -0.1) is 0 Å². The van der Waals surface area contributed by atoms with E-state index in [4.69, 9.17) is 31.0 Å². The first-order chi connectivity index (χ1) is 7.51. The molecule has 2 atom stereocenters. The minimum absolute atomic E-state index is 0. The van der Waals surface area contributed by atoms with Crippen LogP contribution < -0.4 is 0 Å². The zero-order valence-corrected chi connectivity index (χ0v) is 13.3. The molecule has 1 saturated carbocycles. The maximum absolute atomic E-state index is 9.63. The molecule has 1 fully saturated rings. The van der Waals surface area contributed by atoms with Crippen LogP contribution in [0, 0.1) is 0 Å². The van der Waals surface area contributed by atoms with Gasteiger partial charge in [0.1, 0.15) is 0 Å². The zero-order valence-electron chi connectivity index (χ0n) is 9.21. The Kier molecular flexibility index (Phi) is 10.5. The number of nitrogens with one attached hydrogen (secondary N) is 2. The summed E-state index contributed by atoms with van der Waals surface area (Å²) in [4.78, 5) is 31.0. The number of hydrogen-bond donors (Lipinski definition) is 4. The molecule has 1 rings (SSSR count). The normalized spacial score (nSPS) is 24.6. The second-order valence-corrected chi connectivity index (χ2v) is 6.18. The summed E-state index contributed by atoms with van der Waals surface area (Å²) in [6.07, 6.45) is 4.25. The van der Waals surface area contributed by atoms with Crippen molar-refractivity contribution in [2.75, 3.05) is 0 Å². The predicted octanol–water partition coefficient (Wildman–Crippen LogP) is 1.59. The van der Waals surface area contributed by atoms with Crippen molar-refractivity contribution in [1.82, 2.24) is 0 Å². The maximum atomic E-state index is 9.63. The first-order valence-corrected chi connectivity index (χ1v) is 7.82. The number of phosphoric acid groups is 2. The van der Waals surface area contributed by atoms with Gasteiger partial charge in [0.2, 0.25) is 0 Å². The summed E-state index contributed by atoms with van der Waals surface area (Å²) in [6.45, 7) is 0. The summed E-state index contributed by atoms with van der Waals surface area (Å²) >= 11 is 0. The molecule has 0 aromatic heterocycles. The van der Waals surface area contributed by atoms with Crippen LogP contribution in [0.4, 0.5) is 0 Å². The van der Waals surface area contributed by atoms with Gasteiger partial charge in [0.25, 0.3) is 0 Å². The first kappa shape index (κ1) is 21.2. The first-order valence-electron chi connectivity index (χ1n) is 4.76. The van der Waals surface area contributed by atoms with Gasteiger partial charge in [0.05, 0.1) is 0 Å². The molecule has 0 unspecified atom stereocenters. The number of hydrogen-bond acceptors (Lipinski definition) is 3. The average molecular weight is 485 g/mol. The molecule has 0 aromatic rings. The Labute approximate surface area is 119 Å². The van der Waals surface area contributed by atoms with Gasteiger partial charge in [0, 0.05) is 0 Å². The summed E-state index contributed by atoms with van der Waals surface area (Å²) in [5.41, 5.74) is 14.6. The van der Waals surface area contributed by atoms with E-state index in [-0.39, 0.29) is 33.1 Å². The van der Waals surface area contributed by atoms with E-state index in [1.165, 1.54) is 12.8 Å². The van der Waals surface area contributed by atoms with Crippen LogP contribution in [0.25, 0.3) is 11.5 Å². The van der Waals surface area contributed by atoms with Crippen molar-refractivity contribution in [3.8, 4) is 0 Å². The summed E-state index contributed by atoms with van der Waals surface area (Å²) in [7, 11) is -10.1. The average Bonchev–Trinajstić information content (AvgIpc) is 2.04. The SMILES string of the molecule is O=P(O)(O)OP(=O)(O)O.[NH-][C@H]1CCCC[C@@H]1[NH-].[Pt+2]. The van der Waals surface area contributed by atoms with Crippen LogP contribution in [0.3, 0.4) is 0 Å². The van der Waals surface area contributed by atoms with Crippen LogP contribution in [-0.2, 0) is 34.5 Å². The van der Waals surface area contributed by atoms with Crippen LogP contribution in [0.5, 0.6) is 0 Å². The van der Waals surface area contributed by atoms with Gasteiger partial charge in [-0.25, -0.2) is 9.13 Å². The second-order valence-electron chi connectivity index (χ2n) is 3.56.